The lowest BCUT2D eigenvalue weighted by molar-refractivity contribution is -0.307. The van der Waals surface area contributed by atoms with Crippen LogP contribution in [0.15, 0.2) is 23.8 Å². The number of hydrogen-bond donors (Lipinski definition) is 4. The number of carbonyl (C=O) groups is 1. The lowest BCUT2D eigenvalue weighted by Gasteiger charge is -2.60. The van der Waals surface area contributed by atoms with Gasteiger partial charge in [0.1, 0.15) is 12.2 Å². The number of aliphatic hydroxyl groups is 4. The SMILES string of the molecule is C=C(CC[C@@H](C)[C@H]1[C@@H](O)C[C@H]2[C@@H]3CC=C4C[C@@H](O[C@@H]5O[C@H](C)[C@H](O)[C@H](OC(C)=O)[C@H]5O)CC[C@]4(C)[C@H]3[C@H](O)C[C@]12C)C(C)C. The third-order valence-electron chi connectivity index (χ3n) is 12.9. The van der Waals surface area contributed by atoms with Crippen LogP contribution in [0.1, 0.15) is 99.8 Å². The molecule has 0 unspecified atom stereocenters. The molecule has 0 amide bonds. The van der Waals surface area contributed by atoms with Crippen LogP contribution in [-0.2, 0) is 19.0 Å². The van der Waals surface area contributed by atoms with E-state index >= 15 is 0 Å². The Morgan fingerprint density at radius 1 is 1.14 bits per heavy atom. The fourth-order valence-electron chi connectivity index (χ4n) is 10.5. The van der Waals surface area contributed by atoms with Crippen molar-refractivity contribution in [2.75, 3.05) is 0 Å². The van der Waals surface area contributed by atoms with Gasteiger partial charge in [-0.15, -0.1) is 0 Å². The van der Waals surface area contributed by atoms with Gasteiger partial charge in [-0.1, -0.05) is 58.4 Å². The van der Waals surface area contributed by atoms with Crippen molar-refractivity contribution in [3.8, 4) is 0 Å². The van der Waals surface area contributed by atoms with E-state index in [1.807, 2.05) is 0 Å². The zero-order chi connectivity index (χ0) is 32.3. The van der Waals surface area contributed by atoms with Gasteiger partial charge in [-0.2, -0.15) is 0 Å². The first-order chi connectivity index (χ1) is 20.6. The Morgan fingerprint density at radius 2 is 1.84 bits per heavy atom. The van der Waals surface area contributed by atoms with Gasteiger partial charge in [-0.05, 0) is 105 Å². The van der Waals surface area contributed by atoms with E-state index in [-0.39, 0.29) is 34.9 Å². The minimum absolute atomic E-state index is 0.102. The highest BCUT2D eigenvalue weighted by atomic mass is 16.7. The first-order valence-electron chi connectivity index (χ1n) is 17.2. The predicted molar refractivity (Wildman–Crippen MR) is 167 cm³/mol. The number of esters is 1. The van der Waals surface area contributed by atoms with Gasteiger partial charge in [0.05, 0.1) is 24.4 Å². The van der Waals surface area contributed by atoms with E-state index in [4.69, 9.17) is 14.2 Å². The highest BCUT2D eigenvalue weighted by Gasteiger charge is 2.64. The van der Waals surface area contributed by atoms with Crippen molar-refractivity contribution in [2.24, 2.45) is 46.3 Å². The molecule has 4 aliphatic carbocycles. The highest BCUT2D eigenvalue weighted by molar-refractivity contribution is 5.66. The number of allylic oxidation sites excluding steroid dienone is 2. The van der Waals surface area contributed by atoms with Crippen molar-refractivity contribution in [2.45, 2.75) is 149 Å². The van der Waals surface area contributed by atoms with Crippen LogP contribution in [0.3, 0.4) is 0 Å². The van der Waals surface area contributed by atoms with E-state index in [1.165, 1.54) is 18.1 Å². The maximum atomic E-state index is 11.9. The summed E-state index contributed by atoms with van der Waals surface area (Å²) in [6, 6.07) is 0. The Kier molecular flexibility index (Phi) is 9.85. The van der Waals surface area contributed by atoms with Gasteiger partial charge in [-0.3, -0.25) is 4.79 Å². The molecule has 1 saturated heterocycles. The molecule has 0 spiro atoms. The first kappa shape index (κ1) is 34.1. The van der Waals surface area contributed by atoms with Crippen LogP contribution in [0, 0.1) is 46.3 Å². The maximum Gasteiger partial charge on any atom is 0.303 e. The quantitative estimate of drug-likeness (QED) is 0.223. The van der Waals surface area contributed by atoms with Gasteiger partial charge in [0.25, 0.3) is 0 Å². The summed E-state index contributed by atoms with van der Waals surface area (Å²) in [5.41, 5.74) is 2.30. The van der Waals surface area contributed by atoms with E-state index in [2.05, 4.69) is 47.3 Å². The average Bonchev–Trinajstić information content (AvgIpc) is 3.21. The van der Waals surface area contributed by atoms with Crippen molar-refractivity contribution in [1.82, 2.24) is 0 Å². The van der Waals surface area contributed by atoms with Crippen molar-refractivity contribution in [3.05, 3.63) is 23.8 Å². The Balaban J connectivity index is 1.29. The zero-order valence-electron chi connectivity index (χ0n) is 27.9. The largest absolute Gasteiger partial charge is 0.457 e. The number of fused-ring (bicyclic) bond motifs is 5. The van der Waals surface area contributed by atoms with Crippen molar-refractivity contribution in [3.63, 3.8) is 0 Å². The molecule has 0 aromatic rings. The summed E-state index contributed by atoms with van der Waals surface area (Å²) in [6.07, 6.45) is 2.85. The summed E-state index contributed by atoms with van der Waals surface area (Å²) in [4.78, 5) is 11.6. The number of aliphatic hydroxyl groups excluding tert-OH is 4. The Bertz CT molecular complexity index is 1100. The van der Waals surface area contributed by atoms with E-state index < -0.39 is 42.8 Å². The molecular formula is C36H58O8. The van der Waals surface area contributed by atoms with Gasteiger partial charge >= 0.3 is 5.97 Å². The standard InChI is InChI=1S/C36H58O8/c1-18(2)19(3)9-10-20(4)29-27(38)16-26-25-12-11-23-15-24(13-14-35(23,7)30(25)28(39)17-36(26,29)8)44-34-32(41)33(43-22(6)37)31(40)21(5)42-34/h11,18,20-21,24-34,38-41H,3,9-10,12-17H2,1-2,4-8H3/t20-,21-,24+,25+,26+,27+,28-,29+,30-,31+,32-,33+,34+,35+,36+/m1/s1. The highest BCUT2D eigenvalue weighted by Crippen LogP contribution is 2.67. The number of ether oxygens (including phenoxy) is 3. The van der Waals surface area contributed by atoms with Crippen LogP contribution in [0.5, 0.6) is 0 Å². The molecule has 8 heteroatoms. The van der Waals surface area contributed by atoms with Crippen LogP contribution in [-0.4, -0.2) is 75.4 Å². The van der Waals surface area contributed by atoms with E-state index in [0.717, 1.165) is 44.9 Å². The van der Waals surface area contributed by atoms with Gasteiger partial charge in [-0.25, -0.2) is 0 Å². The third-order valence-corrected chi connectivity index (χ3v) is 12.9. The maximum absolute atomic E-state index is 11.9. The molecule has 0 aromatic carbocycles. The molecule has 250 valence electrons. The van der Waals surface area contributed by atoms with E-state index in [0.29, 0.717) is 30.1 Å². The molecule has 4 N–H and O–H groups in total. The van der Waals surface area contributed by atoms with Crippen LogP contribution >= 0.6 is 0 Å². The summed E-state index contributed by atoms with van der Waals surface area (Å²) < 4.78 is 17.4. The normalized spacial score (nSPS) is 47.7. The Labute approximate surface area is 264 Å². The van der Waals surface area contributed by atoms with E-state index in [9.17, 15) is 25.2 Å². The van der Waals surface area contributed by atoms with Gasteiger partial charge < -0.3 is 34.6 Å². The Hall–Kier alpha value is -1.29. The summed E-state index contributed by atoms with van der Waals surface area (Å²) in [6.45, 7) is 18.5. The van der Waals surface area contributed by atoms with Crippen LogP contribution in [0.2, 0.25) is 0 Å². The second-order valence-electron chi connectivity index (χ2n) is 15.9. The molecular weight excluding hydrogens is 560 g/mol. The molecule has 0 bridgehead atoms. The molecule has 1 heterocycles. The van der Waals surface area contributed by atoms with Crippen molar-refractivity contribution < 1.29 is 39.4 Å². The average molecular weight is 619 g/mol. The van der Waals surface area contributed by atoms with Gasteiger partial charge in [0, 0.05) is 6.92 Å². The second kappa shape index (κ2) is 12.7. The second-order valence-corrected chi connectivity index (χ2v) is 15.9. The smallest absolute Gasteiger partial charge is 0.303 e. The van der Waals surface area contributed by atoms with Crippen molar-refractivity contribution >= 4 is 5.97 Å². The first-order valence-corrected chi connectivity index (χ1v) is 17.2. The predicted octanol–water partition coefficient (Wildman–Crippen LogP) is 4.92. The molecule has 15 atom stereocenters. The summed E-state index contributed by atoms with van der Waals surface area (Å²) in [5.74, 6) is 1.24. The fraction of sp³-hybridized carbons (Fsp3) is 0.861. The summed E-state index contributed by atoms with van der Waals surface area (Å²) >= 11 is 0. The molecule has 0 aromatic heterocycles. The van der Waals surface area contributed by atoms with Crippen LogP contribution in [0.25, 0.3) is 0 Å². The molecule has 8 nitrogen and oxygen atoms in total. The topological polar surface area (TPSA) is 126 Å². The molecule has 5 rings (SSSR count). The van der Waals surface area contributed by atoms with Crippen molar-refractivity contribution in [1.29, 1.82) is 0 Å². The van der Waals surface area contributed by atoms with Gasteiger partial charge in [0.2, 0.25) is 0 Å². The number of carbonyl (C=O) groups excluding carboxylic acids is 1. The number of hydrogen-bond acceptors (Lipinski definition) is 8. The molecule has 0 radical (unpaired) electrons. The monoisotopic (exact) mass is 618 g/mol. The fourth-order valence-corrected chi connectivity index (χ4v) is 10.5. The van der Waals surface area contributed by atoms with Crippen LogP contribution in [0.4, 0.5) is 0 Å². The lowest BCUT2D eigenvalue weighted by Crippen LogP contribution is -2.60. The molecule has 5 aliphatic rings. The summed E-state index contributed by atoms with van der Waals surface area (Å²) in [7, 11) is 0. The van der Waals surface area contributed by atoms with Crippen LogP contribution < -0.4 is 0 Å². The zero-order valence-corrected chi connectivity index (χ0v) is 27.9. The minimum Gasteiger partial charge on any atom is -0.457 e. The van der Waals surface area contributed by atoms with Gasteiger partial charge in [0.15, 0.2) is 12.4 Å². The molecule has 3 saturated carbocycles. The third kappa shape index (κ3) is 5.97. The number of rotatable bonds is 8. The molecule has 44 heavy (non-hydrogen) atoms. The van der Waals surface area contributed by atoms with E-state index in [1.54, 1.807) is 6.92 Å². The minimum atomic E-state index is -1.30. The molecule has 4 fully saturated rings. The molecule has 1 aliphatic heterocycles. The lowest BCUT2D eigenvalue weighted by atomic mass is 9.46. The Morgan fingerprint density at radius 3 is 2.50 bits per heavy atom. The summed E-state index contributed by atoms with van der Waals surface area (Å²) in [5, 5.41) is 44.8.